The smallest absolute Gasteiger partial charge is 0.0213 e. The lowest BCUT2D eigenvalue weighted by Gasteiger charge is -2.21. The van der Waals surface area contributed by atoms with Gasteiger partial charge in [0.15, 0.2) is 0 Å². The minimum absolute atomic E-state index is 0.632. The first-order valence-corrected chi connectivity index (χ1v) is 37.0. The highest BCUT2D eigenvalue weighted by Crippen LogP contribution is 2.31. The molecule has 0 aliphatic rings. The van der Waals surface area contributed by atoms with Crippen LogP contribution < -0.4 is 0 Å². The highest BCUT2D eigenvalue weighted by Gasteiger charge is 2.15. The molecule has 0 atom stereocenters. The molecule has 0 nitrogen and oxygen atoms in total. The van der Waals surface area contributed by atoms with Gasteiger partial charge in [-0.1, -0.05) is 244 Å². The number of hydrogen-bond acceptors (Lipinski definition) is 0. The number of rotatable bonds is 14. The van der Waals surface area contributed by atoms with Gasteiger partial charge in [-0.05, 0) is 342 Å². The summed E-state index contributed by atoms with van der Waals surface area (Å²) >= 11 is 0. The maximum absolute atomic E-state index is 2.37. The zero-order chi connectivity index (χ0) is 71.7. The third kappa shape index (κ3) is 26.8. The SMILES string of the molecule is CCc1cc(C(C)C)cc(CC)c1C.CCc1cc(C)cc(C(C)C)c1C.CCc1cc(C)cc(CC)c1C.CCc1cc(CC)c(C)c(CC)c1.CCc1cccc(CC)c1C.CCc1ccccc1C.Cc1c(C)c(C)c(C(C)C)c(C)c1C.Cc1ccccc1C. The highest BCUT2D eigenvalue weighted by molar-refractivity contribution is 5.51. The molecule has 516 valence electrons. The molecule has 0 spiro atoms. The Kier molecular flexibility index (Phi) is 40.6. The fourth-order valence-corrected chi connectivity index (χ4v) is 13.0. The summed E-state index contributed by atoms with van der Waals surface area (Å²) < 4.78 is 0. The Morgan fingerprint density at radius 2 is 0.511 bits per heavy atom. The molecule has 0 fully saturated rings. The molecular weight excluding hydrogens is 1130 g/mol. The molecule has 0 heteroatoms. The molecule has 94 heavy (non-hydrogen) atoms. The van der Waals surface area contributed by atoms with E-state index in [4.69, 9.17) is 0 Å². The van der Waals surface area contributed by atoms with E-state index in [-0.39, 0.29) is 0 Å². The molecule has 8 rings (SSSR count). The standard InChI is InChI=1S/2C14H22.2C13H20.C12H18.C11H16.C9H12.C8H10/c1-8(2)14-12(6)10(4)9(3)11(5)13(14)7;1-6-12-8-14(10(3)4)9-13(7-2)11(12)5;1-6-12-7-10(4)8-13(9(2)3)11(12)5;1-5-11-8-12(6-2)10(4)13(7-3)9-11;1-5-11-7-9(3)8-12(6-2)10(11)4;1-4-10-7-6-8-11(5-2)9(10)3;1-3-9-7-5-4-6-8(9)2;1-7-5-3-4-6-8(7)2/h8H,1-7H3;8-10H,6-7H2,1-5H3;7-9H,6H2,1-5H3;8-9H,5-7H2,1-4H3;7-8H,5-6H2,1-4H3;6-8H,4-5H2,1-3H3;4-7H,3H2,1-2H3;3-6H,1-2H3. The van der Waals surface area contributed by atoms with Crippen molar-refractivity contribution in [1.29, 1.82) is 0 Å². The van der Waals surface area contributed by atoms with Crippen LogP contribution >= 0.6 is 0 Å². The van der Waals surface area contributed by atoms with Crippen molar-refractivity contribution >= 4 is 0 Å². The Bertz CT molecular complexity index is 3360. The summed E-state index contributed by atoms with van der Waals surface area (Å²) in [6.45, 7) is 71.3. The quantitative estimate of drug-likeness (QED) is 0.102. The minimum Gasteiger partial charge on any atom is -0.0620 e. The van der Waals surface area contributed by atoms with E-state index in [0.29, 0.717) is 17.8 Å². The zero-order valence-corrected chi connectivity index (χ0v) is 67.0. The Morgan fingerprint density at radius 3 is 0.809 bits per heavy atom. The second-order valence-electron chi connectivity index (χ2n) is 27.5. The van der Waals surface area contributed by atoms with Crippen molar-refractivity contribution < 1.29 is 0 Å². The van der Waals surface area contributed by atoms with Gasteiger partial charge in [0.2, 0.25) is 0 Å². The van der Waals surface area contributed by atoms with Crippen molar-refractivity contribution in [3.8, 4) is 0 Å². The van der Waals surface area contributed by atoms with E-state index >= 15 is 0 Å². The molecule has 8 aromatic carbocycles. The Labute approximate surface area is 583 Å². The van der Waals surface area contributed by atoms with Crippen molar-refractivity contribution in [2.75, 3.05) is 0 Å². The zero-order valence-electron chi connectivity index (χ0n) is 67.0. The molecule has 0 saturated carbocycles. The van der Waals surface area contributed by atoms with Gasteiger partial charge in [-0.15, -0.1) is 0 Å². The van der Waals surface area contributed by atoms with E-state index in [1.54, 1.807) is 5.56 Å². The van der Waals surface area contributed by atoms with Crippen LogP contribution in [0.5, 0.6) is 0 Å². The van der Waals surface area contributed by atoms with E-state index in [1.165, 1.54) is 156 Å². The molecule has 0 aliphatic carbocycles. The number of aryl methyl sites for hydroxylation is 16. The Hall–Kier alpha value is -6.24. The van der Waals surface area contributed by atoms with Gasteiger partial charge < -0.3 is 0 Å². The molecule has 0 bridgehead atoms. The van der Waals surface area contributed by atoms with Gasteiger partial charge in [0.1, 0.15) is 0 Å². The van der Waals surface area contributed by atoms with Crippen LogP contribution in [0, 0.1) is 104 Å². The number of hydrogen-bond donors (Lipinski definition) is 0. The van der Waals surface area contributed by atoms with Crippen LogP contribution in [0.15, 0.2) is 115 Å². The summed E-state index contributed by atoms with van der Waals surface area (Å²) in [5.41, 5.74) is 42.8. The molecule has 0 aromatic heterocycles. The lowest BCUT2D eigenvalue weighted by atomic mass is 9.85. The van der Waals surface area contributed by atoms with E-state index in [9.17, 15) is 0 Å². The average Bonchev–Trinajstić information content (AvgIpc) is 0.810. The molecule has 0 heterocycles. The molecular formula is C94H140. The van der Waals surface area contributed by atoms with Gasteiger partial charge in [0.25, 0.3) is 0 Å². The lowest BCUT2D eigenvalue weighted by Crippen LogP contribution is -2.04. The summed E-state index contributed by atoms with van der Waals surface area (Å²) in [5.74, 6) is 1.92. The Balaban J connectivity index is 0.000000540. The van der Waals surface area contributed by atoms with Crippen LogP contribution in [-0.2, 0) is 70.6 Å². The first-order chi connectivity index (χ1) is 44.4. The first kappa shape index (κ1) is 85.8. The predicted molar refractivity (Wildman–Crippen MR) is 428 cm³/mol. The molecule has 0 unspecified atom stereocenters. The van der Waals surface area contributed by atoms with Gasteiger partial charge in [-0.2, -0.15) is 0 Å². The number of benzene rings is 8. The van der Waals surface area contributed by atoms with Crippen molar-refractivity contribution in [2.24, 2.45) is 0 Å². The maximum Gasteiger partial charge on any atom is -0.0213 e. The maximum atomic E-state index is 2.37. The summed E-state index contributed by atoms with van der Waals surface area (Å²) in [6.07, 6.45) is 12.7. The largest absolute Gasteiger partial charge is 0.0620 e. The minimum atomic E-state index is 0.632. The second kappa shape index (κ2) is 44.5. The van der Waals surface area contributed by atoms with Crippen molar-refractivity contribution in [3.63, 3.8) is 0 Å². The first-order valence-electron chi connectivity index (χ1n) is 37.0. The predicted octanol–water partition coefficient (Wildman–Crippen LogP) is 27.7. The van der Waals surface area contributed by atoms with E-state index in [2.05, 4.69) is 337 Å². The normalized spacial score (nSPS) is 10.5. The van der Waals surface area contributed by atoms with Crippen LogP contribution in [0.3, 0.4) is 0 Å². The monoisotopic (exact) mass is 1270 g/mol. The van der Waals surface area contributed by atoms with E-state index < -0.39 is 0 Å². The van der Waals surface area contributed by atoms with Gasteiger partial charge in [-0.25, -0.2) is 0 Å². The molecule has 8 aromatic rings. The molecule has 0 amide bonds. The summed E-state index contributed by atoms with van der Waals surface area (Å²) in [4.78, 5) is 0. The third-order valence-electron chi connectivity index (χ3n) is 20.2. The molecule has 0 saturated heterocycles. The molecule has 0 N–H and O–H groups in total. The van der Waals surface area contributed by atoms with Crippen molar-refractivity contribution in [3.05, 3.63) is 277 Å². The van der Waals surface area contributed by atoms with Crippen molar-refractivity contribution in [2.45, 2.75) is 310 Å². The Morgan fingerprint density at radius 1 is 0.223 bits per heavy atom. The summed E-state index contributed by atoms with van der Waals surface area (Å²) in [6, 6.07) is 42.1. The summed E-state index contributed by atoms with van der Waals surface area (Å²) in [7, 11) is 0. The van der Waals surface area contributed by atoms with Gasteiger partial charge >= 0.3 is 0 Å². The molecule has 0 aliphatic heterocycles. The van der Waals surface area contributed by atoms with Crippen LogP contribution in [0.4, 0.5) is 0 Å². The van der Waals surface area contributed by atoms with Crippen molar-refractivity contribution in [1.82, 2.24) is 0 Å². The third-order valence-corrected chi connectivity index (χ3v) is 20.2. The average molecular weight is 1270 g/mol. The van der Waals surface area contributed by atoms with Crippen LogP contribution in [0.25, 0.3) is 0 Å². The van der Waals surface area contributed by atoms with Gasteiger partial charge in [0, 0.05) is 0 Å². The van der Waals surface area contributed by atoms with Crippen LogP contribution in [0.1, 0.15) is 297 Å². The fraction of sp³-hybridized carbons (Fsp3) is 0.489. The summed E-state index contributed by atoms with van der Waals surface area (Å²) in [5, 5.41) is 0. The van der Waals surface area contributed by atoms with E-state index in [1.807, 2.05) is 0 Å². The second-order valence-corrected chi connectivity index (χ2v) is 27.5. The van der Waals surface area contributed by atoms with E-state index in [0.717, 1.165) is 70.6 Å². The van der Waals surface area contributed by atoms with Crippen LogP contribution in [0.2, 0.25) is 0 Å². The van der Waals surface area contributed by atoms with Crippen LogP contribution in [-0.4, -0.2) is 0 Å². The topological polar surface area (TPSA) is 0 Å². The highest BCUT2D eigenvalue weighted by atomic mass is 14.2. The molecule has 0 radical (unpaired) electrons. The van der Waals surface area contributed by atoms with Gasteiger partial charge in [-0.3, -0.25) is 0 Å². The van der Waals surface area contributed by atoms with Gasteiger partial charge in [0.05, 0.1) is 0 Å². The fourth-order valence-electron chi connectivity index (χ4n) is 13.0. The lowest BCUT2D eigenvalue weighted by molar-refractivity contribution is 0.837.